The second-order valence-corrected chi connectivity index (χ2v) is 6.94. The number of rotatable bonds is 6. The van der Waals surface area contributed by atoms with Gasteiger partial charge in [0.1, 0.15) is 5.69 Å². The number of hydrogen-bond donors (Lipinski definition) is 2. The van der Waals surface area contributed by atoms with Gasteiger partial charge < -0.3 is 0 Å². The molecule has 0 spiro atoms. The Hall–Kier alpha value is -3.38. The topological polar surface area (TPSA) is 59.0 Å². The molecule has 4 aromatic rings. The lowest BCUT2D eigenvalue weighted by atomic mass is 10.2. The number of carbonyl (C=O) groups excluding carboxylic acids is 1. The highest BCUT2D eigenvalue weighted by molar-refractivity contribution is 7.13. The van der Waals surface area contributed by atoms with Crippen LogP contribution in [0.2, 0.25) is 0 Å². The number of aromatic nitrogens is 2. The summed E-state index contributed by atoms with van der Waals surface area (Å²) in [4.78, 5) is 13.7. The summed E-state index contributed by atoms with van der Waals surface area (Å²) >= 11 is 1.57. The van der Waals surface area contributed by atoms with Crippen LogP contribution < -0.4 is 10.9 Å². The van der Waals surface area contributed by atoms with Gasteiger partial charge in [0.05, 0.1) is 22.7 Å². The fourth-order valence-electron chi connectivity index (χ4n) is 2.75. The van der Waals surface area contributed by atoms with Crippen LogP contribution in [0.4, 0.5) is 5.69 Å². The predicted molar refractivity (Wildman–Crippen MR) is 109 cm³/mol. The summed E-state index contributed by atoms with van der Waals surface area (Å²) in [6.45, 7) is 0.610. The number of amides is 1. The second kappa shape index (κ2) is 7.88. The average Bonchev–Trinajstić information content (AvgIpc) is 3.37. The van der Waals surface area contributed by atoms with Crippen LogP contribution >= 0.6 is 11.3 Å². The summed E-state index contributed by atoms with van der Waals surface area (Å²) in [5.41, 5.74) is 8.88. The zero-order valence-electron chi connectivity index (χ0n) is 14.5. The molecular formula is C21H18N4OS. The summed E-state index contributed by atoms with van der Waals surface area (Å²) in [6.07, 6.45) is 1.80. The largest absolute Gasteiger partial charge is 0.298 e. The summed E-state index contributed by atoms with van der Waals surface area (Å²) < 4.78 is 1.81. The van der Waals surface area contributed by atoms with Crippen molar-refractivity contribution in [3.8, 4) is 10.6 Å². The van der Waals surface area contributed by atoms with Crippen molar-refractivity contribution in [2.45, 2.75) is 6.54 Å². The quantitative estimate of drug-likeness (QED) is 0.491. The van der Waals surface area contributed by atoms with E-state index >= 15 is 0 Å². The third kappa shape index (κ3) is 4.07. The minimum Gasteiger partial charge on any atom is -0.298 e. The standard InChI is InChI=1S/C21H18N4OS/c26-21(23-22-17-10-5-2-6-11-17)18-15-25(14-16-8-3-1-4-9-16)24-20(18)19-12-7-13-27-19/h1-13,15,22H,14H2,(H,23,26). The van der Waals surface area contributed by atoms with Gasteiger partial charge in [0.2, 0.25) is 0 Å². The Kier molecular flexibility index (Phi) is 4.98. The Balaban J connectivity index is 1.59. The fraction of sp³-hybridized carbons (Fsp3) is 0.0476. The van der Waals surface area contributed by atoms with E-state index in [1.165, 1.54) is 0 Å². The van der Waals surface area contributed by atoms with Gasteiger partial charge in [-0.25, -0.2) is 0 Å². The van der Waals surface area contributed by atoms with E-state index in [1.807, 2.05) is 82.9 Å². The molecule has 0 atom stereocenters. The number of thiophene rings is 1. The van der Waals surface area contributed by atoms with Gasteiger partial charge >= 0.3 is 0 Å². The summed E-state index contributed by atoms with van der Waals surface area (Å²) in [5.74, 6) is -0.221. The maximum atomic E-state index is 12.8. The van der Waals surface area contributed by atoms with Crippen LogP contribution in [0.15, 0.2) is 84.4 Å². The maximum Gasteiger partial charge on any atom is 0.273 e. The van der Waals surface area contributed by atoms with Gasteiger partial charge in [-0.3, -0.25) is 20.3 Å². The Morgan fingerprint density at radius 3 is 2.41 bits per heavy atom. The molecule has 1 amide bonds. The number of nitrogens with one attached hydrogen (secondary N) is 2. The first-order chi connectivity index (χ1) is 13.3. The Morgan fingerprint density at radius 1 is 0.963 bits per heavy atom. The Labute approximate surface area is 161 Å². The van der Waals surface area contributed by atoms with Gasteiger partial charge in [0.15, 0.2) is 0 Å². The lowest BCUT2D eigenvalue weighted by Crippen LogP contribution is -2.29. The monoisotopic (exact) mass is 374 g/mol. The molecule has 0 unspecified atom stereocenters. The van der Waals surface area contributed by atoms with Crippen molar-refractivity contribution in [1.82, 2.24) is 15.2 Å². The highest BCUT2D eigenvalue weighted by Gasteiger charge is 2.18. The summed E-state index contributed by atoms with van der Waals surface area (Å²) in [5, 5.41) is 6.64. The molecule has 0 saturated heterocycles. The molecule has 0 aliphatic rings. The van der Waals surface area contributed by atoms with E-state index in [1.54, 1.807) is 17.5 Å². The van der Waals surface area contributed by atoms with Crippen LogP contribution in [-0.4, -0.2) is 15.7 Å². The van der Waals surface area contributed by atoms with Crippen molar-refractivity contribution in [3.05, 3.63) is 95.5 Å². The number of hydrazine groups is 1. The molecule has 0 saturated carbocycles. The van der Waals surface area contributed by atoms with Gasteiger partial charge in [-0.05, 0) is 29.1 Å². The van der Waals surface area contributed by atoms with Crippen molar-refractivity contribution in [2.24, 2.45) is 0 Å². The van der Waals surface area contributed by atoms with Gasteiger partial charge in [0, 0.05) is 6.20 Å². The van der Waals surface area contributed by atoms with Crippen molar-refractivity contribution < 1.29 is 4.79 Å². The van der Waals surface area contributed by atoms with E-state index in [0.29, 0.717) is 17.8 Å². The molecule has 2 aromatic carbocycles. The molecule has 0 radical (unpaired) electrons. The molecule has 2 aromatic heterocycles. The highest BCUT2D eigenvalue weighted by atomic mass is 32.1. The number of benzene rings is 2. The number of para-hydroxylation sites is 1. The molecule has 2 N–H and O–H groups in total. The van der Waals surface area contributed by atoms with Crippen LogP contribution in [0.25, 0.3) is 10.6 Å². The van der Waals surface area contributed by atoms with E-state index in [2.05, 4.69) is 16.0 Å². The van der Waals surface area contributed by atoms with Crippen molar-refractivity contribution in [2.75, 3.05) is 5.43 Å². The maximum absolute atomic E-state index is 12.8. The van der Waals surface area contributed by atoms with E-state index in [4.69, 9.17) is 0 Å². The van der Waals surface area contributed by atoms with Crippen LogP contribution in [0.3, 0.4) is 0 Å². The first-order valence-corrected chi connectivity index (χ1v) is 9.44. The number of carbonyl (C=O) groups is 1. The molecule has 5 nitrogen and oxygen atoms in total. The average molecular weight is 374 g/mol. The second-order valence-electron chi connectivity index (χ2n) is 6.00. The predicted octanol–water partition coefficient (Wildman–Crippen LogP) is 4.42. The van der Waals surface area contributed by atoms with Crippen molar-refractivity contribution >= 4 is 22.9 Å². The molecule has 0 aliphatic heterocycles. The smallest absolute Gasteiger partial charge is 0.273 e. The van der Waals surface area contributed by atoms with Crippen molar-refractivity contribution in [1.29, 1.82) is 0 Å². The van der Waals surface area contributed by atoms with Gasteiger partial charge in [0.25, 0.3) is 5.91 Å². The molecule has 27 heavy (non-hydrogen) atoms. The van der Waals surface area contributed by atoms with Crippen LogP contribution in [0.5, 0.6) is 0 Å². The minimum absolute atomic E-state index is 0.221. The van der Waals surface area contributed by atoms with E-state index in [-0.39, 0.29) is 5.91 Å². The minimum atomic E-state index is -0.221. The fourth-order valence-corrected chi connectivity index (χ4v) is 3.48. The molecule has 134 valence electrons. The first kappa shape index (κ1) is 17.1. The zero-order valence-corrected chi connectivity index (χ0v) is 15.3. The van der Waals surface area contributed by atoms with E-state index in [9.17, 15) is 4.79 Å². The van der Waals surface area contributed by atoms with Crippen molar-refractivity contribution in [3.63, 3.8) is 0 Å². The van der Waals surface area contributed by atoms with E-state index < -0.39 is 0 Å². The molecule has 6 heteroatoms. The third-order valence-corrected chi connectivity index (χ3v) is 4.92. The molecule has 0 fully saturated rings. The Bertz CT molecular complexity index is 1010. The summed E-state index contributed by atoms with van der Waals surface area (Å²) in [7, 11) is 0. The number of nitrogens with zero attached hydrogens (tertiary/aromatic N) is 2. The number of anilines is 1. The first-order valence-electron chi connectivity index (χ1n) is 8.56. The molecule has 0 aliphatic carbocycles. The molecule has 2 heterocycles. The van der Waals surface area contributed by atoms with Gasteiger partial charge in [-0.1, -0.05) is 54.6 Å². The highest BCUT2D eigenvalue weighted by Crippen LogP contribution is 2.27. The zero-order chi connectivity index (χ0) is 18.5. The number of hydrogen-bond acceptors (Lipinski definition) is 4. The molecule has 4 rings (SSSR count). The van der Waals surface area contributed by atoms with Crippen LogP contribution in [0.1, 0.15) is 15.9 Å². The SMILES string of the molecule is O=C(NNc1ccccc1)c1cn(Cc2ccccc2)nc1-c1cccs1. The lowest BCUT2D eigenvalue weighted by Gasteiger charge is -2.07. The van der Waals surface area contributed by atoms with Gasteiger partial charge in [-0.15, -0.1) is 11.3 Å². The lowest BCUT2D eigenvalue weighted by molar-refractivity contribution is 0.0963. The van der Waals surface area contributed by atoms with Crippen LogP contribution in [-0.2, 0) is 6.54 Å². The molecular weight excluding hydrogens is 356 g/mol. The van der Waals surface area contributed by atoms with E-state index in [0.717, 1.165) is 16.1 Å². The molecule has 0 bridgehead atoms. The normalized spacial score (nSPS) is 10.5. The van der Waals surface area contributed by atoms with Crippen LogP contribution in [0, 0.1) is 0 Å². The summed E-state index contributed by atoms with van der Waals surface area (Å²) in [6, 6.07) is 23.5. The van der Waals surface area contributed by atoms with Gasteiger partial charge in [-0.2, -0.15) is 5.10 Å². The third-order valence-electron chi connectivity index (χ3n) is 4.04. The Morgan fingerprint density at radius 2 is 1.70 bits per heavy atom.